The maximum absolute atomic E-state index is 12.3. The van der Waals surface area contributed by atoms with E-state index in [1.54, 1.807) is 21.6 Å². The normalized spacial score (nSPS) is 12.9. The SMILES string of the molecule is CCCCCCCCCCSSSCC(C)OC(=O)CCN(C)CCCN(C)CCC(=O)OC(C)CSSSCCCCCCCCCC. The van der Waals surface area contributed by atoms with Crippen LogP contribution in [0, 0.1) is 0 Å². The van der Waals surface area contributed by atoms with Gasteiger partial charge < -0.3 is 19.3 Å². The van der Waals surface area contributed by atoms with Gasteiger partial charge in [0.05, 0.1) is 12.8 Å². The van der Waals surface area contributed by atoms with Gasteiger partial charge in [0.2, 0.25) is 0 Å². The van der Waals surface area contributed by atoms with E-state index in [1.807, 2.05) is 55.1 Å². The molecule has 0 bridgehead atoms. The summed E-state index contributed by atoms with van der Waals surface area (Å²) < 4.78 is 11.2. The second kappa shape index (κ2) is 38.7. The van der Waals surface area contributed by atoms with Crippen LogP contribution in [0.5, 0.6) is 0 Å². The largest absolute Gasteiger partial charge is 0.462 e. The lowest BCUT2D eigenvalue weighted by atomic mass is 10.1. The average Bonchev–Trinajstić information content (AvgIpc) is 3.07. The number of esters is 2. The molecule has 0 aromatic rings. The molecular formula is C37H74N2O4S6. The first-order valence-electron chi connectivity index (χ1n) is 19.4. The van der Waals surface area contributed by atoms with Gasteiger partial charge in [0, 0.05) is 36.1 Å². The van der Waals surface area contributed by atoms with Gasteiger partial charge in [-0.1, -0.05) is 147 Å². The number of carbonyl (C=O) groups excluding carboxylic acids is 2. The lowest BCUT2D eigenvalue weighted by Gasteiger charge is -2.20. The Hall–Kier alpha value is 0.960. The molecule has 2 unspecified atom stereocenters. The molecule has 0 aliphatic rings. The van der Waals surface area contributed by atoms with Gasteiger partial charge in [0.1, 0.15) is 12.2 Å². The third-order valence-corrected chi connectivity index (χ3v) is 17.0. The van der Waals surface area contributed by atoms with Crippen molar-refractivity contribution >= 4 is 74.8 Å². The molecule has 0 aromatic carbocycles. The molecule has 49 heavy (non-hydrogen) atoms. The van der Waals surface area contributed by atoms with Crippen LogP contribution in [0.4, 0.5) is 0 Å². The summed E-state index contributed by atoms with van der Waals surface area (Å²) >= 11 is 0. The highest BCUT2D eigenvalue weighted by atomic mass is 33.5. The highest BCUT2D eigenvalue weighted by Gasteiger charge is 2.13. The first kappa shape index (κ1) is 50.0. The fourth-order valence-corrected chi connectivity index (χ4v) is 13.0. The Morgan fingerprint density at radius 1 is 0.490 bits per heavy atom. The predicted octanol–water partition coefficient (Wildman–Crippen LogP) is 12.2. The number of unbranched alkanes of at least 4 members (excludes halogenated alkanes) is 14. The highest BCUT2D eigenvalue weighted by Crippen LogP contribution is 2.36. The van der Waals surface area contributed by atoms with Crippen molar-refractivity contribution in [2.24, 2.45) is 0 Å². The number of hydrogen-bond acceptors (Lipinski definition) is 12. The van der Waals surface area contributed by atoms with Crippen molar-refractivity contribution in [3.8, 4) is 0 Å². The zero-order chi connectivity index (χ0) is 36.2. The molecule has 0 aromatic heterocycles. The third-order valence-electron chi connectivity index (χ3n) is 8.10. The minimum atomic E-state index is -0.115. The summed E-state index contributed by atoms with van der Waals surface area (Å²) in [5.41, 5.74) is 0. The molecule has 0 aliphatic heterocycles. The quantitative estimate of drug-likeness (QED) is 0.0339. The van der Waals surface area contributed by atoms with Gasteiger partial charge in [0.25, 0.3) is 0 Å². The predicted molar refractivity (Wildman–Crippen MR) is 230 cm³/mol. The average molecular weight is 803 g/mol. The molecule has 0 N–H and O–H groups in total. The molecule has 6 nitrogen and oxygen atoms in total. The molecular weight excluding hydrogens is 729 g/mol. The van der Waals surface area contributed by atoms with Crippen molar-refractivity contribution in [2.45, 2.75) is 162 Å². The van der Waals surface area contributed by atoms with Crippen molar-refractivity contribution in [2.75, 3.05) is 63.3 Å². The maximum Gasteiger partial charge on any atom is 0.307 e. The molecule has 0 spiro atoms. The summed E-state index contributed by atoms with van der Waals surface area (Å²) in [6.45, 7) is 11.7. The van der Waals surface area contributed by atoms with Crippen LogP contribution in [0.2, 0.25) is 0 Å². The fourth-order valence-electron chi connectivity index (χ4n) is 5.01. The highest BCUT2D eigenvalue weighted by molar-refractivity contribution is 9.09. The Balaban J connectivity index is 3.65. The Bertz CT molecular complexity index is 685. The van der Waals surface area contributed by atoms with Crippen molar-refractivity contribution in [3.63, 3.8) is 0 Å². The molecule has 0 amide bonds. The standard InChI is InChI=1S/C37H74N2O4S6/c1-7-9-11-13-15-17-19-21-30-44-48-46-32-34(3)42-36(40)24-28-38(5)26-23-27-39(6)29-25-37(41)43-35(4)33-47-49-45-31-22-20-18-16-14-12-10-8-2/h34-35H,7-33H2,1-6H3. The Labute approximate surface area is 326 Å². The van der Waals surface area contributed by atoms with Gasteiger partial charge >= 0.3 is 11.9 Å². The van der Waals surface area contributed by atoms with Crippen LogP contribution in [0.25, 0.3) is 0 Å². The van der Waals surface area contributed by atoms with E-state index < -0.39 is 0 Å². The minimum absolute atomic E-state index is 0.0617. The molecule has 0 saturated carbocycles. The third kappa shape index (κ3) is 38.5. The van der Waals surface area contributed by atoms with E-state index in [2.05, 4.69) is 37.7 Å². The zero-order valence-electron chi connectivity index (χ0n) is 32.2. The molecule has 12 heteroatoms. The molecule has 0 radical (unpaired) electrons. The summed E-state index contributed by atoms with van der Waals surface area (Å²) in [5, 5.41) is 0. The van der Waals surface area contributed by atoms with Crippen LogP contribution in [0.1, 0.15) is 150 Å². The summed E-state index contributed by atoms with van der Waals surface area (Å²) in [6, 6.07) is 0. The van der Waals surface area contributed by atoms with Crippen LogP contribution in [-0.2, 0) is 19.1 Å². The Kier molecular flexibility index (Phi) is 39.4. The van der Waals surface area contributed by atoms with Crippen LogP contribution in [0.15, 0.2) is 0 Å². The van der Waals surface area contributed by atoms with E-state index in [-0.39, 0.29) is 24.1 Å². The van der Waals surface area contributed by atoms with Gasteiger partial charge in [-0.3, -0.25) is 9.59 Å². The monoisotopic (exact) mass is 802 g/mol. The zero-order valence-corrected chi connectivity index (χ0v) is 37.1. The molecule has 0 saturated heterocycles. The molecule has 0 rings (SSSR count). The van der Waals surface area contributed by atoms with E-state index in [4.69, 9.17) is 9.47 Å². The van der Waals surface area contributed by atoms with E-state index >= 15 is 0 Å². The smallest absolute Gasteiger partial charge is 0.307 e. The number of carbonyl (C=O) groups is 2. The van der Waals surface area contributed by atoms with E-state index in [9.17, 15) is 9.59 Å². The number of nitrogens with zero attached hydrogens (tertiary/aromatic N) is 2. The lowest BCUT2D eigenvalue weighted by Crippen LogP contribution is -2.29. The Morgan fingerprint density at radius 2 is 0.837 bits per heavy atom. The van der Waals surface area contributed by atoms with E-state index in [1.165, 1.54) is 114 Å². The first-order valence-corrected chi connectivity index (χ1v) is 27.0. The molecule has 292 valence electrons. The number of hydrogen-bond donors (Lipinski definition) is 0. The fraction of sp³-hybridized carbons (Fsp3) is 0.946. The van der Waals surface area contributed by atoms with Gasteiger partial charge in [0.15, 0.2) is 0 Å². The summed E-state index contributed by atoms with van der Waals surface area (Å²) in [5.74, 6) is 3.82. The van der Waals surface area contributed by atoms with Gasteiger partial charge in [-0.2, -0.15) is 0 Å². The maximum atomic E-state index is 12.3. The Morgan fingerprint density at radius 3 is 1.20 bits per heavy atom. The summed E-state index contributed by atoms with van der Waals surface area (Å²) in [4.78, 5) is 29.0. The van der Waals surface area contributed by atoms with Crippen LogP contribution >= 0.6 is 62.8 Å². The topological polar surface area (TPSA) is 59.1 Å². The minimum Gasteiger partial charge on any atom is -0.462 e. The second-order valence-corrected chi connectivity index (χ2v) is 22.2. The first-order chi connectivity index (χ1) is 23.8. The van der Waals surface area contributed by atoms with Crippen molar-refractivity contribution < 1.29 is 19.1 Å². The lowest BCUT2D eigenvalue weighted by molar-refractivity contribution is -0.148. The summed E-state index contributed by atoms with van der Waals surface area (Å²) in [6.07, 6.45) is 23.5. The second-order valence-electron chi connectivity index (χ2n) is 13.4. The van der Waals surface area contributed by atoms with Gasteiger partial charge in [-0.05, 0) is 79.9 Å². The van der Waals surface area contributed by atoms with Crippen LogP contribution < -0.4 is 0 Å². The van der Waals surface area contributed by atoms with E-state index in [0.717, 1.165) is 31.0 Å². The van der Waals surface area contributed by atoms with Gasteiger partial charge in [-0.15, -0.1) is 0 Å². The van der Waals surface area contributed by atoms with Crippen molar-refractivity contribution in [1.29, 1.82) is 0 Å². The molecule has 2 atom stereocenters. The van der Waals surface area contributed by atoms with Crippen LogP contribution in [0.3, 0.4) is 0 Å². The number of rotatable bonds is 38. The molecule has 0 fully saturated rings. The molecule has 0 heterocycles. The number of ether oxygens (including phenoxy) is 2. The van der Waals surface area contributed by atoms with Gasteiger partial charge in [-0.25, -0.2) is 0 Å². The van der Waals surface area contributed by atoms with Crippen molar-refractivity contribution in [3.05, 3.63) is 0 Å². The van der Waals surface area contributed by atoms with Crippen molar-refractivity contribution in [1.82, 2.24) is 9.80 Å². The molecule has 0 aliphatic carbocycles. The van der Waals surface area contributed by atoms with E-state index in [0.29, 0.717) is 25.9 Å². The van der Waals surface area contributed by atoms with Crippen LogP contribution in [-0.4, -0.2) is 97.2 Å². The summed E-state index contributed by atoms with van der Waals surface area (Å²) in [7, 11) is 15.2.